The van der Waals surface area contributed by atoms with E-state index in [1.807, 2.05) is 0 Å². The zero-order valence-corrected chi connectivity index (χ0v) is 11.8. The van der Waals surface area contributed by atoms with E-state index in [0.717, 1.165) is 36.4 Å². The van der Waals surface area contributed by atoms with Crippen LogP contribution in [-0.4, -0.2) is 17.1 Å². The molecular formula is C15H9F3N2O4. The van der Waals surface area contributed by atoms with Crippen molar-refractivity contribution < 1.29 is 27.7 Å². The van der Waals surface area contributed by atoms with Crippen LogP contribution in [0.4, 0.5) is 24.5 Å². The van der Waals surface area contributed by atoms with Crippen molar-refractivity contribution in [1.29, 1.82) is 0 Å². The molecule has 6 nitrogen and oxygen atoms in total. The normalized spacial score (nSPS) is 11.0. The summed E-state index contributed by atoms with van der Waals surface area (Å²) in [5.41, 5.74) is -1.69. The third-order valence-corrected chi connectivity index (χ3v) is 3.10. The van der Waals surface area contributed by atoms with Gasteiger partial charge in [0.15, 0.2) is 6.29 Å². The van der Waals surface area contributed by atoms with E-state index >= 15 is 0 Å². The molecule has 0 aliphatic rings. The molecule has 0 aliphatic heterocycles. The molecule has 2 aromatic rings. The largest absolute Gasteiger partial charge is 0.416 e. The lowest BCUT2D eigenvalue weighted by Crippen LogP contribution is -2.15. The van der Waals surface area contributed by atoms with E-state index in [4.69, 9.17) is 0 Å². The monoisotopic (exact) mass is 338 g/mol. The Hall–Kier alpha value is -3.23. The Morgan fingerprint density at radius 2 is 1.75 bits per heavy atom. The maximum atomic E-state index is 12.7. The van der Waals surface area contributed by atoms with Gasteiger partial charge < -0.3 is 5.32 Å². The number of nitrogens with one attached hydrogen (secondary N) is 1. The number of carbonyl (C=O) groups excluding carboxylic acids is 2. The molecular weight excluding hydrogens is 329 g/mol. The predicted octanol–water partition coefficient (Wildman–Crippen LogP) is 3.68. The summed E-state index contributed by atoms with van der Waals surface area (Å²) in [7, 11) is 0. The molecule has 24 heavy (non-hydrogen) atoms. The number of halogens is 3. The van der Waals surface area contributed by atoms with Gasteiger partial charge in [-0.3, -0.25) is 19.7 Å². The first-order valence-electron chi connectivity index (χ1n) is 6.44. The second kappa shape index (κ2) is 6.49. The molecule has 0 bridgehead atoms. The zero-order chi connectivity index (χ0) is 17.9. The van der Waals surface area contributed by atoms with Crippen LogP contribution in [-0.2, 0) is 6.18 Å². The molecule has 0 saturated heterocycles. The number of alkyl halides is 3. The fraction of sp³-hybridized carbons (Fsp3) is 0.0667. The van der Waals surface area contributed by atoms with Crippen LogP contribution in [0.15, 0.2) is 42.5 Å². The smallest absolute Gasteiger partial charge is 0.321 e. The summed E-state index contributed by atoms with van der Waals surface area (Å²) in [5, 5.41) is 12.7. The molecule has 0 aliphatic carbocycles. The van der Waals surface area contributed by atoms with Gasteiger partial charge in [0.25, 0.3) is 11.6 Å². The zero-order valence-electron chi connectivity index (χ0n) is 11.8. The average Bonchev–Trinajstić information content (AvgIpc) is 2.54. The van der Waals surface area contributed by atoms with E-state index in [2.05, 4.69) is 5.32 Å². The SMILES string of the molecule is O=Cc1ccc(C(F)(F)F)cc1NC(=O)c1ccc([N+](=O)[O-])cc1. The van der Waals surface area contributed by atoms with Gasteiger partial charge in [-0.05, 0) is 30.3 Å². The molecule has 1 N–H and O–H groups in total. The van der Waals surface area contributed by atoms with Crippen molar-refractivity contribution in [3.05, 3.63) is 69.3 Å². The highest BCUT2D eigenvalue weighted by Crippen LogP contribution is 2.32. The second-order valence-electron chi connectivity index (χ2n) is 4.68. The van der Waals surface area contributed by atoms with Crippen molar-refractivity contribution in [2.24, 2.45) is 0 Å². The number of carbonyl (C=O) groups is 2. The minimum Gasteiger partial charge on any atom is -0.321 e. The summed E-state index contributed by atoms with van der Waals surface area (Å²) in [6, 6.07) is 6.80. The molecule has 0 saturated carbocycles. The van der Waals surface area contributed by atoms with Crippen molar-refractivity contribution >= 4 is 23.6 Å². The number of nitro benzene ring substituents is 1. The van der Waals surface area contributed by atoms with Crippen molar-refractivity contribution in [2.75, 3.05) is 5.32 Å². The quantitative estimate of drug-likeness (QED) is 0.523. The number of benzene rings is 2. The maximum absolute atomic E-state index is 12.7. The lowest BCUT2D eigenvalue weighted by molar-refractivity contribution is -0.384. The van der Waals surface area contributed by atoms with E-state index < -0.39 is 22.6 Å². The van der Waals surface area contributed by atoms with Crippen molar-refractivity contribution in [3.63, 3.8) is 0 Å². The number of rotatable bonds is 4. The van der Waals surface area contributed by atoms with Gasteiger partial charge in [0.05, 0.1) is 16.2 Å². The molecule has 9 heteroatoms. The van der Waals surface area contributed by atoms with Gasteiger partial charge in [-0.25, -0.2) is 0 Å². The Morgan fingerprint density at radius 1 is 1.12 bits per heavy atom. The number of hydrogen-bond acceptors (Lipinski definition) is 4. The number of anilines is 1. The Balaban J connectivity index is 2.30. The van der Waals surface area contributed by atoms with Gasteiger partial charge in [-0.2, -0.15) is 13.2 Å². The number of non-ortho nitro benzene ring substituents is 1. The highest BCUT2D eigenvalue weighted by Gasteiger charge is 2.31. The van der Waals surface area contributed by atoms with E-state index in [1.54, 1.807) is 0 Å². The van der Waals surface area contributed by atoms with Crippen LogP contribution in [0.5, 0.6) is 0 Å². The van der Waals surface area contributed by atoms with Crippen LogP contribution in [0.3, 0.4) is 0 Å². The molecule has 0 fully saturated rings. The third-order valence-electron chi connectivity index (χ3n) is 3.10. The lowest BCUT2D eigenvalue weighted by atomic mass is 10.1. The van der Waals surface area contributed by atoms with Gasteiger partial charge in [-0.15, -0.1) is 0 Å². The molecule has 0 atom stereocenters. The number of aldehydes is 1. The van der Waals surface area contributed by atoms with Gasteiger partial charge in [0, 0.05) is 23.3 Å². The topological polar surface area (TPSA) is 89.3 Å². The van der Waals surface area contributed by atoms with Crippen LogP contribution in [0.25, 0.3) is 0 Å². The molecule has 2 rings (SSSR count). The third kappa shape index (κ3) is 3.75. The summed E-state index contributed by atoms with van der Waals surface area (Å²) in [6.07, 6.45) is -4.32. The minimum absolute atomic E-state index is 0.00476. The second-order valence-corrected chi connectivity index (χ2v) is 4.68. The van der Waals surface area contributed by atoms with Crippen LogP contribution in [0.2, 0.25) is 0 Å². The molecule has 0 heterocycles. The lowest BCUT2D eigenvalue weighted by Gasteiger charge is -2.12. The van der Waals surface area contributed by atoms with Crippen LogP contribution < -0.4 is 5.32 Å². The highest BCUT2D eigenvalue weighted by molar-refractivity contribution is 6.06. The number of nitro groups is 1. The van der Waals surface area contributed by atoms with Crippen LogP contribution in [0.1, 0.15) is 26.3 Å². The van der Waals surface area contributed by atoms with E-state index in [1.165, 1.54) is 0 Å². The number of nitrogens with zero attached hydrogens (tertiary/aromatic N) is 1. The van der Waals surface area contributed by atoms with E-state index in [-0.39, 0.29) is 22.5 Å². The number of amides is 1. The van der Waals surface area contributed by atoms with Crippen LogP contribution in [0, 0.1) is 10.1 Å². The summed E-state index contributed by atoms with van der Waals surface area (Å²) >= 11 is 0. The van der Waals surface area contributed by atoms with Crippen LogP contribution >= 0.6 is 0 Å². The fourth-order valence-corrected chi connectivity index (χ4v) is 1.87. The summed E-state index contributed by atoms with van der Waals surface area (Å²) in [5.74, 6) is -0.799. The first kappa shape index (κ1) is 17.1. The fourth-order valence-electron chi connectivity index (χ4n) is 1.87. The molecule has 0 radical (unpaired) electrons. The Morgan fingerprint density at radius 3 is 2.25 bits per heavy atom. The molecule has 124 valence electrons. The standard InChI is InChI=1S/C15H9F3N2O4/c16-15(17,18)11-4-1-10(8-21)13(7-11)19-14(22)9-2-5-12(6-3-9)20(23)24/h1-8H,(H,19,22). The molecule has 0 aromatic heterocycles. The van der Waals surface area contributed by atoms with Gasteiger partial charge in [0.2, 0.25) is 0 Å². The van der Waals surface area contributed by atoms with Crippen molar-refractivity contribution in [2.45, 2.75) is 6.18 Å². The highest BCUT2D eigenvalue weighted by atomic mass is 19.4. The van der Waals surface area contributed by atoms with E-state index in [9.17, 15) is 32.9 Å². The molecule has 0 unspecified atom stereocenters. The van der Waals surface area contributed by atoms with Gasteiger partial charge in [-0.1, -0.05) is 0 Å². The number of hydrogen-bond donors (Lipinski definition) is 1. The molecule has 1 amide bonds. The Bertz CT molecular complexity index is 801. The molecule has 0 spiro atoms. The Kier molecular flexibility index (Phi) is 4.63. The predicted molar refractivity (Wildman–Crippen MR) is 77.9 cm³/mol. The van der Waals surface area contributed by atoms with E-state index in [0.29, 0.717) is 12.4 Å². The Labute approximate surface area is 133 Å². The van der Waals surface area contributed by atoms with Gasteiger partial charge >= 0.3 is 6.18 Å². The average molecular weight is 338 g/mol. The summed E-state index contributed by atoms with van der Waals surface area (Å²) in [6.45, 7) is 0. The maximum Gasteiger partial charge on any atom is 0.416 e. The minimum atomic E-state index is -4.63. The summed E-state index contributed by atoms with van der Waals surface area (Å²) in [4.78, 5) is 32.9. The van der Waals surface area contributed by atoms with Gasteiger partial charge in [0.1, 0.15) is 0 Å². The molecule has 2 aromatic carbocycles. The first-order chi connectivity index (χ1) is 11.2. The first-order valence-corrected chi connectivity index (χ1v) is 6.44. The summed E-state index contributed by atoms with van der Waals surface area (Å²) < 4.78 is 38.2. The van der Waals surface area contributed by atoms with Crippen molar-refractivity contribution in [1.82, 2.24) is 0 Å². The van der Waals surface area contributed by atoms with Crippen molar-refractivity contribution in [3.8, 4) is 0 Å².